The van der Waals surface area contributed by atoms with Crippen molar-refractivity contribution in [2.24, 2.45) is 11.1 Å². The number of benzene rings is 1. The van der Waals surface area contributed by atoms with Crippen LogP contribution in [0.4, 0.5) is 0 Å². The molecule has 0 radical (unpaired) electrons. The highest BCUT2D eigenvalue weighted by molar-refractivity contribution is 14.1. The monoisotopic (exact) mass is 757 g/mol. The standard InChI is InChI=1S/C29H32IN3O9S2/c1-16-31-21(14-43-16)24(32-41-13-23(35)42-29(2,3)4)22(34)10-20-26(36)33-25(18(11-30)15-44(38)27(20)33)28(37)40-12-17-6-8-19(39-5)9-7-17/h6-9,14,20,27H,10-13,15H2,1-5H3/b32-24-. The Hall–Kier alpha value is -3.18. The highest BCUT2D eigenvalue weighted by Crippen LogP contribution is 2.41. The maximum Gasteiger partial charge on any atom is 0.355 e. The lowest BCUT2D eigenvalue weighted by Gasteiger charge is -2.49. The summed E-state index contributed by atoms with van der Waals surface area (Å²) in [4.78, 5) is 62.9. The molecule has 0 spiro atoms. The number of ketones is 1. The molecule has 0 N–H and O–H groups in total. The van der Waals surface area contributed by atoms with Crippen LogP contribution in [0.3, 0.4) is 0 Å². The summed E-state index contributed by atoms with van der Waals surface area (Å²) in [7, 11) is -0.00756. The van der Waals surface area contributed by atoms with Crippen LogP contribution in [0.15, 0.2) is 46.1 Å². The van der Waals surface area contributed by atoms with Crippen LogP contribution >= 0.6 is 33.9 Å². The van der Waals surface area contributed by atoms with Crippen LogP contribution in [-0.4, -0.2) is 78.3 Å². The zero-order valence-electron chi connectivity index (χ0n) is 24.8. The number of esters is 2. The Morgan fingerprint density at radius 1 is 1.20 bits per heavy atom. The van der Waals surface area contributed by atoms with Gasteiger partial charge in [0, 0.05) is 32.8 Å². The van der Waals surface area contributed by atoms with Crippen molar-refractivity contribution in [3.8, 4) is 5.75 Å². The minimum absolute atomic E-state index is 0.0330. The summed E-state index contributed by atoms with van der Waals surface area (Å²) in [6, 6.07) is 7.00. The van der Waals surface area contributed by atoms with Crippen LogP contribution < -0.4 is 4.74 Å². The first-order valence-corrected chi connectivity index (χ1v) is 17.3. The Bertz CT molecular complexity index is 1530. The number of oxime groups is 1. The van der Waals surface area contributed by atoms with Crippen molar-refractivity contribution in [3.63, 3.8) is 0 Å². The lowest BCUT2D eigenvalue weighted by molar-refractivity contribution is -0.160. The molecule has 1 saturated heterocycles. The van der Waals surface area contributed by atoms with Gasteiger partial charge in [-0.05, 0) is 51.0 Å². The molecule has 0 aliphatic carbocycles. The summed E-state index contributed by atoms with van der Waals surface area (Å²) in [5, 5.41) is 5.28. The van der Waals surface area contributed by atoms with E-state index in [4.69, 9.17) is 19.0 Å². The first-order valence-electron chi connectivity index (χ1n) is 13.5. The number of methoxy groups -OCH3 is 1. The van der Waals surface area contributed by atoms with Gasteiger partial charge in [-0.25, -0.2) is 14.6 Å². The molecule has 2 aliphatic heterocycles. The molecule has 1 aromatic carbocycles. The van der Waals surface area contributed by atoms with E-state index in [1.165, 1.54) is 16.2 Å². The van der Waals surface area contributed by atoms with Crippen LogP contribution in [-0.2, 0) is 50.9 Å². The molecule has 0 bridgehead atoms. The van der Waals surface area contributed by atoms with Crippen molar-refractivity contribution in [3.05, 3.63) is 57.2 Å². The lowest BCUT2D eigenvalue weighted by atomic mass is 9.89. The van der Waals surface area contributed by atoms with Crippen molar-refractivity contribution in [2.45, 2.75) is 51.7 Å². The molecule has 15 heteroatoms. The fourth-order valence-electron chi connectivity index (χ4n) is 4.56. The minimum atomic E-state index is -1.56. The molecule has 12 nitrogen and oxygen atoms in total. The molecule has 3 atom stereocenters. The number of amides is 1. The number of ether oxygens (including phenoxy) is 3. The largest absolute Gasteiger partial charge is 0.497 e. The number of halogens is 1. The molecule has 236 valence electrons. The van der Waals surface area contributed by atoms with E-state index in [1.54, 1.807) is 64.5 Å². The predicted molar refractivity (Wildman–Crippen MR) is 171 cm³/mol. The van der Waals surface area contributed by atoms with E-state index in [0.29, 0.717) is 20.8 Å². The third-order valence-corrected chi connectivity index (χ3v) is 9.89. The second-order valence-electron chi connectivity index (χ2n) is 10.9. The number of aryl methyl sites for hydroxylation is 1. The molecule has 3 unspecified atom stereocenters. The van der Waals surface area contributed by atoms with Gasteiger partial charge in [0.15, 0.2) is 11.5 Å². The summed E-state index contributed by atoms with van der Waals surface area (Å²) in [6.45, 7) is 6.31. The summed E-state index contributed by atoms with van der Waals surface area (Å²) >= 11 is 3.34. The quantitative estimate of drug-likeness (QED) is 0.0787. The average molecular weight is 758 g/mol. The van der Waals surface area contributed by atoms with E-state index in [2.05, 4.69) is 32.7 Å². The maximum atomic E-state index is 13.5. The number of β-lactam (4-membered cyclic amide) rings is 1. The third-order valence-electron chi connectivity index (χ3n) is 6.49. The molecule has 44 heavy (non-hydrogen) atoms. The van der Waals surface area contributed by atoms with Gasteiger partial charge in [-0.2, -0.15) is 0 Å². The number of alkyl halides is 1. The zero-order valence-corrected chi connectivity index (χ0v) is 28.6. The van der Waals surface area contributed by atoms with Crippen molar-refractivity contribution in [1.82, 2.24) is 9.88 Å². The van der Waals surface area contributed by atoms with Gasteiger partial charge >= 0.3 is 11.9 Å². The predicted octanol–water partition coefficient (Wildman–Crippen LogP) is 3.46. The van der Waals surface area contributed by atoms with Gasteiger partial charge in [0.25, 0.3) is 0 Å². The molecule has 1 amide bonds. The fourth-order valence-corrected chi connectivity index (χ4v) is 7.93. The Balaban J connectivity index is 1.49. The van der Waals surface area contributed by atoms with Gasteiger partial charge in [-0.3, -0.25) is 18.7 Å². The van der Waals surface area contributed by atoms with Crippen molar-refractivity contribution in [2.75, 3.05) is 23.9 Å². The number of rotatable bonds is 12. The Morgan fingerprint density at radius 3 is 2.50 bits per heavy atom. The third kappa shape index (κ3) is 7.90. The molecule has 2 aliphatic rings. The molecule has 2 aromatic rings. The number of carbonyl (C=O) groups is 4. The minimum Gasteiger partial charge on any atom is -0.497 e. The number of fused-ring (bicyclic) bond motifs is 1. The van der Waals surface area contributed by atoms with E-state index in [9.17, 15) is 23.4 Å². The van der Waals surface area contributed by atoms with Crippen LogP contribution in [0.5, 0.6) is 5.75 Å². The molecule has 1 aromatic heterocycles. The number of aromatic nitrogens is 1. The number of hydrogen-bond donors (Lipinski definition) is 0. The molecular formula is C29H32IN3O9S2. The maximum absolute atomic E-state index is 13.5. The second-order valence-corrected chi connectivity index (χ2v) is 14.3. The van der Waals surface area contributed by atoms with Crippen LogP contribution in [0.25, 0.3) is 0 Å². The zero-order chi connectivity index (χ0) is 32.2. The van der Waals surface area contributed by atoms with E-state index < -0.39 is 57.9 Å². The van der Waals surface area contributed by atoms with Crippen LogP contribution in [0, 0.1) is 12.8 Å². The second kappa shape index (κ2) is 14.3. The van der Waals surface area contributed by atoms with E-state index in [1.807, 2.05) is 0 Å². The number of nitrogens with zero attached hydrogens (tertiary/aromatic N) is 3. The van der Waals surface area contributed by atoms with Crippen molar-refractivity contribution < 1.29 is 42.4 Å². The van der Waals surface area contributed by atoms with Crippen LogP contribution in [0.1, 0.15) is 43.5 Å². The molecule has 1 fully saturated rings. The smallest absolute Gasteiger partial charge is 0.355 e. The Kier molecular flexibility index (Phi) is 10.9. The highest BCUT2D eigenvalue weighted by atomic mass is 127. The summed E-state index contributed by atoms with van der Waals surface area (Å²) in [5.41, 5.74) is 0.652. The fraction of sp³-hybridized carbons (Fsp3) is 0.448. The number of Topliss-reactive ketones (excluding diaryl/α,β-unsaturated/α-hetero) is 1. The molecule has 4 rings (SSSR count). The molecular weight excluding hydrogens is 725 g/mol. The topological polar surface area (TPSA) is 151 Å². The summed E-state index contributed by atoms with van der Waals surface area (Å²) < 4.78 is 29.5. The van der Waals surface area contributed by atoms with E-state index >= 15 is 0 Å². The highest BCUT2D eigenvalue weighted by Gasteiger charge is 2.57. The summed E-state index contributed by atoms with van der Waals surface area (Å²) in [5.74, 6) is -2.70. The first-order chi connectivity index (χ1) is 20.8. The average Bonchev–Trinajstić information content (AvgIpc) is 3.40. The van der Waals surface area contributed by atoms with Gasteiger partial charge in [0.05, 0.1) is 18.0 Å². The Morgan fingerprint density at radius 2 is 1.91 bits per heavy atom. The number of thiazole rings is 1. The van der Waals surface area contributed by atoms with Gasteiger partial charge in [0.1, 0.15) is 34.7 Å². The van der Waals surface area contributed by atoms with Crippen molar-refractivity contribution >= 4 is 74.1 Å². The van der Waals surface area contributed by atoms with E-state index in [0.717, 1.165) is 5.56 Å². The SMILES string of the molecule is COc1ccc(COC(=O)C2=C(CI)CS(=O)C3C(CC(=O)/C(=N\OCC(=O)OC(C)(C)C)c4csc(C)n4)C(=O)N23)cc1. The van der Waals surface area contributed by atoms with Gasteiger partial charge in [-0.15, -0.1) is 11.3 Å². The summed E-state index contributed by atoms with van der Waals surface area (Å²) in [6.07, 6.45) is -0.343. The first kappa shape index (κ1) is 33.7. The van der Waals surface area contributed by atoms with Gasteiger partial charge in [-0.1, -0.05) is 39.9 Å². The lowest BCUT2D eigenvalue weighted by Crippen LogP contribution is -2.66. The number of carbonyl (C=O) groups excluding carboxylic acids is 4. The Labute approximate surface area is 274 Å². The van der Waals surface area contributed by atoms with E-state index in [-0.39, 0.29) is 35.9 Å². The molecule has 3 heterocycles. The van der Waals surface area contributed by atoms with Crippen molar-refractivity contribution in [1.29, 1.82) is 0 Å². The number of hydrogen-bond acceptors (Lipinski definition) is 12. The van der Waals surface area contributed by atoms with Gasteiger partial charge < -0.3 is 19.0 Å². The van der Waals surface area contributed by atoms with Crippen LogP contribution in [0.2, 0.25) is 0 Å². The normalized spacial score (nSPS) is 20.0. The molecule has 0 saturated carbocycles. The van der Waals surface area contributed by atoms with Gasteiger partial charge in [0.2, 0.25) is 12.5 Å².